The predicted octanol–water partition coefficient (Wildman–Crippen LogP) is 6.29. The van der Waals surface area contributed by atoms with E-state index in [9.17, 15) is 9.59 Å². The van der Waals surface area contributed by atoms with E-state index in [2.05, 4.69) is 20.8 Å². The van der Waals surface area contributed by atoms with E-state index < -0.39 is 11.4 Å². The van der Waals surface area contributed by atoms with Gasteiger partial charge in [-0.15, -0.1) is 0 Å². The van der Waals surface area contributed by atoms with Gasteiger partial charge in [0.25, 0.3) is 0 Å². The van der Waals surface area contributed by atoms with Gasteiger partial charge in [0.1, 0.15) is 11.3 Å². The Morgan fingerprint density at radius 1 is 0.909 bits per heavy atom. The molecule has 0 N–H and O–H groups in total. The van der Waals surface area contributed by atoms with Crippen LogP contribution in [0.3, 0.4) is 0 Å². The fraction of sp³-hybridized carbons (Fsp3) is 0.214. The van der Waals surface area contributed by atoms with Crippen LogP contribution in [0.2, 0.25) is 0 Å². The number of hydrogen-bond donors (Lipinski definition) is 0. The van der Waals surface area contributed by atoms with Gasteiger partial charge < -0.3 is 13.9 Å². The highest BCUT2D eigenvalue weighted by Crippen LogP contribution is 2.33. The summed E-state index contributed by atoms with van der Waals surface area (Å²) in [5.74, 6) is 0.0985. The number of fused-ring (bicyclic) bond motifs is 1. The van der Waals surface area contributed by atoms with E-state index in [0.29, 0.717) is 27.8 Å². The third kappa shape index (κ3) is 4.53. The first-order chi connectivity index (χ1) is 15.7. The zero-order valence-electron chi connectivity index (χ0n) is 19.4. The molecule has 4 aromatic rings. The van der Waals surface area contributed by atoms with Crippen LogP contribution >= 0.6 is 0 Å². The lowest BCUT2D eigenvalue weighted by atomic mass is 9.87. The molecule has 4 rings (SSSR count). The quantitative estimate of drug-likeness (QED) is 0.347. The molecule has 33 heavy (non-hydrogen) atoms. The summed E-state index contributed by atoms with van der Waals surface area (Å²) in [5.41, 5.74) is 2.94. The summed E-state index contributed by atoms with van der Waals surface area (Å²) in [4.78, 5) is 26.4. The second kappa shape index (κ2) is 8.58. The Balaban J connectivity index is 1.81. The molecule has 0 radical (unpaired) electrons. The molecule has 0 aliphatic heterocycles. The average Bonchev–Trinajstić information content (AvgIpc) is 2.80. The molecule has 1 aromatic heterocycles. The number of ether oxygens (including phenoxy) is 2. The Labute approximate surface area is 192 Å². The average molecular weight is 443 g/mol. The van der Waals surface area contributed by atoms with E-state index in [1.807, 2.05) is 25.1 Å². The summed E-state index contributed by atoms with van der Waals surface area (Å²) >= 11 is 0. The Hall–Kier alpha value is -3.86. The molecule has 5 nitrogen and oxygen atoms in total. The van der Waals surface area contributed by atoms with E-state index in [4.69, 9.17) is 13.9 Å². The molecule has 0 fully saturated rings. The molecule has 3 aromatic carbocycles. The van der Waals surface area contributed by atoms with Gasteiger partial charge in [0.05, 0.1) is 18.1 Å². The molecular weight excluding hydrogens is 416 g/mol. The molecule has 0 aliphatic carbocycles. The van der Waals surface area contributed by atoms with Crippen LogP contribution in [-0.2, 0) is 5.41 Å². The van der Waals surface area contributed by atoms with Gasteiger partial charge in [-0.3, -0.25) is 4.79 Å². The third-order valence-corrected chi connectivity index (χ3v) is 5.54. The molecule has 0 atom stereocenters. The number of hydrogen-bond acceptors (Lipinski definition) is 5. The van der Waals surface area contributed by atoms with Gasteiger partial charge >= 0.3 is 5.97 Å². The van der Waals surface area contributed by atoms with Crippen molar-refractivity contribution in [2.75, 3.05) is 7.11 Å². The fourth-order valence-corrected chi connectivity index (χ4v) is 3.58. The lowest BCUT2D eigenvalue weighted by Gasteiger charge is -2.19. The number of methoxy groups -OCH3 is 1. The molecule has 0 aliphatic rings. The molecule has 0 saturated heterocycles. The summed E-state index contributed by atoms with van der Waals surface area (Å²) in [6, 6.07) is 19.6. The van der Waals surface area contributed by atoms with Crippen molar-refractivity contribution >= 4 is 16.9 Å². The third-order valence-electron chi connectivity index (χ3n) is 5.54. The van der Waals surface area contributed by atoms with Crippen LogP contribution in [0.5, 0.6) is 11.5 Å². The van der Waals surface area contributed by atoms with Crippen LogP contribution in [0, 0.1) is 6.92 Å². The summed E-state index contributed by atoms with van der Waals surface area (Å²) in [6.07, 6.45) is 0. The Kier molecular flexibility index (Phi) is 5.81. The molecule has 0 amide bonds. The number of esters is 1. The standard InChI is InChI=1S/C28H26O5/c1-17-6-15-23-22(16-17)24(29)26(25(32-23)18-9-13-21(31-5)14-10-18)33-27(30)19-7-11-20(12-8-19)28(2,3)4/h6-16H,1-5H3. The maximum atomic E-state index is 13.4. The largest absolute Gasteiger partial charge is 0.497 e. The number of aryl methyl sites for hydroxylation is 1. The zero-order valence-corrected chi connectivity index (χ0v) is 19.4. The number of rotatable bonds is 4. The summed E-state index contributed by atoms with van der Waals surface area (Å²) in [6.45, 7) is 8.19. The van der Waals surface area contributed by atoms with E-state index in [0.717, 1.165) is 11.1 Å². The molecule has 168 valence electrons. The van der Waals surface area contributed by atoms with E-state index >= 15 is 0 Å². The summed E-state index contributed by atoms with van der Waals surface area (Å²) < 4.78 is 17.0. The normalized spacial score (nSPS) is 11.4. The van der Waals surface area contributed by atoms with Crippen molar-refractivity contribution in [3.8, 4) is 22.8 Å². The van der Waals surface area contributed by atoms with Crippen molar-refractivity contribution in [3.63, 3.8) is 0 Å². The molecular formula is C28H26O5. The van der Waals surface area contributed by atoms with Crippen LogP contribution in [0.4, 0.5) is 0 Å². The van der Waals surface area contributed by atoms with Crippen LogP contribution in [-0.4, -0.2) is 13.1 Å². The van der Waals surface area contributed by atoms with Crippen molar-refractivity contribution in [1.82, 2.24) is 0 Å². The van der Waals surface area contributed by atoms with Gasteiger partial charge in [-0.1, -0.05) is 44.5 Å². The van der Waals surface area contributed by atoms with Crippen LogP contribution in [0.15, 0.2) is 75.9 Å². The molecule has 0 spiro atoms. The highest BCUT2D eigenvalue weighted by molar-refractivity contribution is 5.93. The van der Waals surface area contributed by atoms with Crippen molar-refractivity contribution in [1.29, 1.82) is 0 Å². The number of benzene rings is 3. The minimum Gasteiger partial charge on any atom is -0.497 e. The second-order valence-electron chi connectivity index (χ2n) is 9.03. The monoisotopic (exact) mass is 442 g/mol. The van der Waals surface area contributed by atoms with Crippen molar-refractivity contribution < 1.29 is 18.7 Å². The summed E-state index contributed by atoms with van der Waals surface area (Å²) in [7, 11) is 1.58. The van der Waals surface area contributed by atoms with Crippen molar-refractivity contribution in [3.05, 3.63) is 93.6 Å². The predicted molar refractivity (Wildman–Crippen MR) is 129 cm³/mol. The maximum Gasteiger partial charge on any atom is 0.343 e. The van der Waals surface area contributed by atoms with Gasteiger partial charge in [0.2, 0.25) is 11.2 Å². The molecule has 0 bridgehead atoms. The number of carbonyl (C=O) groups excluding carboxylic acids is 1. The fourth-order valence-electron chi connectivity index (χ4n) is 3.58. The number of carbonyl (C=O) groups is 1. The highest BCUT2D eigenvalue weighted by Gasteiger charge is 2.22. The molecule has 0 unspecified atom stereocenters. The zero-order chi connectivity index (χ0) is 23.8. The van der Waals surface area contributed by atoms with Crippen LogP contribution in [0.1, 0.15) is 42.3 Å². The van der Waals surface area contributed by atoms with Gasteiger partial charge in [-0.2, -0.15) is 0 Å². The van der Waals surface area contributed by atoms with Gasteiger partial charge in [0, 0.05) is 5.56 Å². The lowest BCUT2D eigenvalue weighted by Crippen LogP contribution is -2.17. The maximum absolute atomic E-state index is 13.4. The topological polar surface area (TPSA) is 65.7 Å². The SMILES string of the molecule is COc1ccc(-c2oc3ccc(C)cc3c(=O)c2OC(=O)c2ccc(C(C)(C)C)cc2)cc1. The molecule has 0 saturated carbocycles. The molecule has 5 heteroatoms. The van der Waals surface area contributed by atoms with Gasteiger partial charge in [-0.05, 0) is 66.4 Å². The second-order valence-corrected chi connectivity index (χ2v) is 9.03. The first-order valence-electron chi connectivity index (χ1n) is 10.7. The minimum absolute atomic E-state index is 0.0404. The van der Waals surface area contributed by atoms with E-state index in [-0.39, 0.29) is 16.9 Å². The first kappa shape index (κ1) is 22.3. The molecule has 1 heterocycles. The Morgan fingerprint density at radius 3 is 2.18 bits per heavy atom. The van der Waals surface area contributed by atoms with E-state index in [1.54, 1.807) is 55.6 Å². The Bertz CT molecular complexity index is 1370. The summed E-state index contributed by atoms with van der Waals surface area (Å²) in [5, 5.41) is 0.359. The smallest absolute Gasteiger partial charge is 0.343 e. The van der Waals surface area contributed by atoms with Crippen molar-refractivity contribution in [2.45, 2.75) is 33.1 Å². The first-order valence-corrected chi connectivity index (χ1v) is 10.7. The minimum atomic E-state index is -0.621. The Morgan fingerprint density at radius 2 is 1.58 bits per heavy atom. The van der Waals surface area contributed by atoms with Crippen LogP contribution in [0.25, 0.3) is 22.3 Å². The van der Waals surface area contributed by atoms with Gasteiger partial charge in [0.15, 0.2) is 5.76 Å². The van der Waals surface area contributed by atoms with E-state index in [1.165, 1.54) is 0 Å². The van der Waals surface area contributed by atoms with Crippen LogP contribution < -0.4 is 14.9 Å². The van der Waals surface area contributed by atoms with Crippen molar-refractivity contribution in [2.24, 2.45) is 0 Å². The highest BCUT2D eigenvalue weighted by atomic mass is 16.5. The van der Waals surface area contributed by atoms with Gasteiger partial charge in [-0.25, -0.2) is 4.79 Å². The lowest BCUT2D eigenvalue weighted by molar-refractivity contribution is 0.0731.